The molecule has 28 heavy (non-hydrogen) atoms. The summed E-state index contributed by atoms with van der Waals surface area (Å²) in [5.74, 6) is 0. The molecule has 11 heteroatoms. The monoisotopic (exact) mass is 420 g/mol. The van der Waals surface area contributed by atoms with Crippen molar-refractivity contribution in [2.45, 2.75) is 58.2 Å². The average Bonchev–Trinajstić information content (AvgIpc) is 2.94. The number of hydrogen-bond acceptors (Lipinski definition) is 8. The summed E-state index contributed by atoms with van der Waals surface area (Å²) in [5, 5.41) is 10.6. The van der Waals surface area contributed by atoms with Gasteiger partial charge in [0.15, 0.2) is 6.23 Å². The highest BCUT2D eigenvalue weighted by Crippen LogP contribution is 2.49. The fraction of sp³-hybridized carbons (Fsp3) is 0.765. The van der Waals surface area contributed by atoms with E-state index in [9.17, 15) is 19.3 Å². The van der Waals surface area contributed by atoms with Crippen molar-refractivity contribution in [3.05, 3.63) is 32.6 Å². The molecule has 160 valence electrons. The number of nitrogens with one attached hydrogen (secondary N) is 1. The van der Waals surface area contributed by atoms with E-state index < -0.39 is 43.4 Å². The normalized spacial score (nSPS) is 25.3. The number of aryl methyl sites for hydroxylation is 1. The number of aliphatic hydroxyl groups is 1. The largest absolute Gasteiger partial charge is 0.388 e. The quantitative estimate of drug-likeness (QED) is 0.540. The minimum Gasteiger partial charge on any atom is -0.388 e. The van der Waals surface area contributed by atoms with Crippen molar-refractivity contribution in [3.63, 3.8) is 0 Å². The molecule has 1 aromatic rings. The van der Waals surface area contributed by atoms with Crippen molar-refractivity contribution in [2.75, 3.05) is 26.5 Å². The molecule has 0 amide bonds. The summed E-state index contributed by atoms with van der Waals surface area (Å²) in [6.45, 7) is 5.61. The van der Waals surface area contributed by atoms with Gasteiger partial charge in [0.2, 0.25) is 0 Å². The van der Waals surface area contributed by atoms with Crippen LogP contribution >= 0.6 is 7.60 Å². The van der Waals surface area contributed by atoms with Crippen LogP contribution < -0.4 is 11.2 Å². The van der Waals surface area contributed by atoms with Crippen LogP contribution in [0.15, 0.2) is 15.8 Å². The van der Waals surface area contributed by atoms with Gasteiger partial charge in [-0.3, -0.25) is 18.9 Å². The van der Waals surface area contributed by atoms with Gasteiger partial charge in [-0.2, -0.15) is 0 Å². The van der Waals surface area contributed by atoms with Crippen LogP contribution in [0, 0.1) is 6.92 Å². The summed E-state index contributed by atoms with van der Waals surface area (Å²) in [6, 6.07) is 0. The van der Waals surface area contributed by atoms with E-state index in [2.05, 4.69) is 4.98 Å². The van der Waals surface area contributed by atoms with Gasteiger partial charge in [0.1, 0.15) is 12.2 Å². The number of aliphatic hydroxyl groups excluding tert-OH is 1. The number of methoxy groups -OCH3 is 1. The zero-order valence-corrected chi connectivity index (χ0v) is 17.5. The van der Waals surface area contributed by atoms with Crippen LogP contribution in [0.5, 0.6) is 0 Å². The Morgan fingerprint density at radius 2 is 1.93 bits per heavy atom. The number of H-pyrrole nitrogens is 1. The standard InChI is InChI=1S/C17H29N2O8P/c1-5-25-28(23,26-6-2)9-7-8-12-13(20)14(24-4)16(27-12)19-10-11(3)15(21)18-17(19)22/h10,12-14,16,20H,5-9H2,1-4H3,(H,18,21,22)/t12-,13-,14-,16-/m1/s1. The number of nitrogens with zero attached hydrogens (tertiary/aromatic N) is 1. The molecule has 10 nitrogen and oxygen atoms in total. The SMILES string of the molecule is CCOP(=O)(CCC[C@H]1O[C@@H](n2cc(C)c(=O)[nH]c2=O)[C@H](OC)[C@@H]1O)OCC. The molecule has 4 atom stereocenters. The molecule has 2 N–H and O–H groups in total. The van der Waals surface area contributed by atoms with Crippen LogP contribution in [0.2, 0.25) is 0 Å². The summed E-state index contributed by atoms with van der Waals surface area (Å²) >= 11 is 0. The second-order valence-corrected chi connectivity index (χ2v) is 8.73. The molecule has 0 bridgehead atoms. The van der Waals surface area contributed by atoms with Crippen LogP contribution in [0.25, 0.3) is 0 Å². The number of aromatic amines is 1. The minimum absolute atomic E-state index is 0.196. The molecule has 2 heterocycles. The lowest BCUT2D eigenvalue weighted by Crippen LogP contribution is -2.39. The summed E-state index contributed by atoms with van der Waals surface area (Å²) < 4.78 is 35.5. The third-order valence-electron chi connectivity index (χ3n) is 4.58. The Labute approximate surface area is 163 Å². The molecule has 1 aliphatic rings. The molecule has 0 aliphatic carbocycles. The van der Waals surface area contributed by atoms with Gasteiger partial charge in [0.25, 0.3) is 5.56 Å². The van der Waals surface area contributed by atoms with Crippen LogP contribution in [-0.4, -0.2) is 59.5 Å². The first-order valence-corrected chi connectivity index (χ1v) is 11.1. The lowest BCUT2D eigenvalue weighted by Gasteiger charge is -2.20. The third kappa shape index (κ3) is 5.20. The second kappa shape index (κ2) is 9.96. The number of ether oxygens (including phenoxy) is 2. The fourth-order valence-electron chi connectivity index (χ4n) is 3.26. The van der Waals surface area contributed by atoms with Gasteiger partial charge in [-0.1, -0.05) is 0 Å². The fourth-order valence-corrected chi connectivity index (χ4v) is 4.95. The molecule has 1 fully saturated rings. The minimum atomic E-state index is -3.17. The van der Waals surface area contributed by atoms with Crippen molar-refractivity contribution < 1.29 is 28.2 Å². The summed E-state index contributed by atoms with van der Waals surface area (Å²) in [6.07, 6.45) is -0.927. The molecule has 0 unspecified atom stereocenters. The maximum atomic E-state index is 12.5. The van der Waals surface area contributed by atoms with E-state index in [0.717, 1.165) is 0 Å². The smallest absolute Gasteiger partial charge is 0.330 e. The van der Waals surface area contributed by atoms with Crippen molar-refractivity contribution in [2.24, 2.45) is 0 Å². The summed E-state index contributed by atoms with van der Waals surface area (Å²) in [5.41, 5.74) is -0.786. The Morgan fingerprint density at radius 3 is 2.50 bits per heavy atom. The van der Waals surface area contributed by atoms with Crippen molar-refractivity contribution in [1.29, 1.82) is 0 Å². The lowest BCUT2D eigenvalue weighted by atomic mass is 10.1. The van der Waals surface area contributed by atoms with Crippen LogP contribution in [0.1, 0.15) is 38.5 Å². The highest BCUT2D eigenvalue weighted by atomic mass is 31.2. The van der Waals surface area contributed by atoms with Crippen LogP contribution in [0.3, 0.4) is 0 Å². The van der Waals surface area contributed by atoms with Gasteiger partial charge in [-0.05, 0) is 33.6 Å². The highest BCUT2D eigenvalue weighted by molar-refractivity contribution is 7.53. The molecular weight excluding hydrogens is 391 g/mol. The molecule has 0 saturated carbocycles. The number of rotatable bonds is 10. The van der Waals surface area contributed by atoms with E-state index in [-0.39, 0.29) is 19.4 Å². The predicted octanol–water partition coefficient (Wildman–Crippen LogP) is 1.16. The van der Waals surface area contributed by atoms with Gasteiger partial charge >= 0.3 is 13.3 Å². The van der Waals surface area contributed by atoms with E-state index in [4.69, 9.17) is 18.5 Å². The molecule has 2 rings (SSSR count). The Hall–Kier alpha value is -1.29. The summed E-state index contributed by atoms with van der Waals surface area (Å²) in [7, 11) is -1.76. The van der Waals surface area contributed by atoms with Gasteiger partial charge in [0, 0.05) is 18.9 Å². The van der Waals surface area contributed by atoms with E-state index in [0.29, 0.717) is 18.4 Å². The van der Waals surface area contributed by atoms with E-state index in [1.54, 1.807) is 20.8 Å². The average molecular weight is 420 g/mol. The van der Waals surface area contributed by atoms with Crippen LogP contribution in [0.4, 0.5) is 0 Å². The van der Waals surface area contributed by atoms with Crippen molar-refractivity contribution in [3.8, 4) is 0 Å². The molecule has 0 radical (unpaired) electrons. The molecule has 1 aromatic heterocycles. The van der Waals surface area contributed by atoms with E-state index in [1.165, 1.54) is 17.9 Å². The lowest BCUT2D eigenvalue weighted by molar-refractivity contribution is -0.0550. The molecular formula is C17H29N2O8P. The van der Waals surface area contributed by atoms with Gasteiger partial charge in [0.05, 0.1) is 25.5 Å². The van der Waals surface area contributed by atoms with E-state index >= 15 is 0 Å². The summed E-state index contributed by atoms with van der Waals surface area (Å²) in [4.78, 5) is 26.0. The third-order valence-corrected chi connectivity index (χ3v) is 6.74. The maximum absolute atomic E-state index is 12.5. The first-order valence-electron chi connectivity index (χ1n) is 9.32. The predicted molar refractivity (Wildman–Crippen MR) is 102 cm³/mol. The van der Waals surface area contributed by atoms with Crippen molar-refractivity contribution >= 4 is 7.60 Å². The van der Waals surface area contributed by atoms with E-state index in [1.807, 2.05) is 0 Å². The zero-order valence-electron chi connectivity index (χ0n) is 16.6. The number of hydrogen-bond donors (Lipinski definition) is 2. The van der Waals surface area contributed by atoms with Gasteiger partial charge in [-0.25, -0.2) is 4.79 Å². The van der Waals surface area contributed by atoms with Gasteiger partial charge in [-0.15, -0.1) is 0 Å². The second-order valence-electron chi connectivity index (χ2n) is 6.55. The molecule has 0 aromatic carbocycles. The number of aromatic nitrogens is 2. The Balaban J connectivity index is 2.10. The first kappa shape index (κ1) is 23.0. The molecule has 1 aliphatic heterocycles. The Kier molecular flexibility index (Phi) is 8.18. The zero-order chi connectivity index (χ0) is 20.9. The van der Waals surface area contributed by atoms with Gasteiger partial charge < -0.3 is 23.6 Å². The molecule has 0 spiro atoms. The van der Waals surface area contributed by atoms with Crippen molar-refractivity contribution in [1.82, 2.24) is 9.55 Å². The Bertz CT molecular complexity index is 797. The first-order chi connectivity index (χ1) is 13.3. The topological polar surface area (TPSA) is 129 Å². The maximum Gasteiger partial charge on any atom is 0.330 e. The van der Waals surface area contributed by atoms with Crippen LogP contribution in [-0.2, 0) is 23.1 Å². The molecule has 1 saturated heterocycles. The highest BCUT2D eigenvalue weighted by Gasteiger charge is 2.45. The Morgan fingerprint density at radius 1 is 1.29 bits per heavy atom.